The summed E-state index contributed by atoms with van der Waals surface area (Å²) in [7, 11) is 1.92. The van der Waals surface area contributed by atoms with E-state index in [1.54, 1.807) is 4.68 Å². The van der Waals surface area contributed by atoms with Gasteiger partial charge in [-0.05, 0) is 51.5 Å². The summed E-state index contributed by atoms with van der Waals surface area (Å²) in [6.07, 6.45) is 6.20. The maximum absolute atomic E-state index is 6.30. The predicted octanol–water partition coefficient (Wildman–Crippen LogP) is 3.09. The van der Waals surface area contributed by atoms with E-state index in [4.69, 9.17) is 11.6 Å². The molecule has 1 fully saturated rings. The van der Waals surface area contributed by atoms with Crippen LogP contribution in [0.15, 0.2) is 0 Å². The second-order valence-electron chi connectivity index (χ2n) is 5.51. The van der Waals surface area contributed by atoms with Crippen molar-refractivity contribution in [1.82, 2.24) is 15.1 Å². The molecule has 0 spiro atoms. The highest BCUT2D eigenvalue weighted by atomic mass is 35.5. The highest BCUT2D eigenvalue weighted by Gasteiger charge is 2.26. The van der Waals surface area contributed by atoms with Gasteiger partial charge in [0.05, 0.1) is 5.69 Å². The van der Waals surface area contributed by atoms with Crippen molar-refractivity contribution in [2.75, 3.05) is 6.54 Å². The maximum atomic E-state index is 6.30. The number of halogens is 1. The summed E-state index contributed by atoms with van der Waals surface area (Å²) in [5, 5.41) is 8.84. The molecule has 0 bridgehead atoms. The van der Waals surface area contributed by atoms with Crippen molar-refractivity contribution in [2.45, 2.75) is 52.0 Å². The molecule has 18 heavy (non-hydrogen) atoms. The summed E-state index contributed by atoms with van der Waals surface area (Å²) < 4.78 is 1.79. The van der Waals surface area contributed by atoms with Crippen LogP contribution in [0.2, 0.25) is 5.15 Å². The summed E-state index contributed by atoms with van der Waals surface area (Å²) in [6.45, 7) is 5.42. The Bertz CT molecular complexity index is 400. The van der Waals surface area contributed by atoms with Crippen molar-refractivity contribution >= 4 is 11.6 Å². The minimum absolute atomic E-state index is 0.714. The van der Waals surface area contributed by atoms with Gasteiger partial charge in [0.25, 0.3) is 0 Å². The molecule has 1 aromatic rings. The van der Waals surface area contributed by atoms with Crippen LogP contribution in [-0.2, 0) is 13.5 Å². The molecular weight excluding hydrogens is 246 g/mol. The fourth-order valence-corrected chi connectivity index (χ4v) is 3.24. The second-order valence-corrected chi connectivity index (χ2v) is 5.87. The van der Waals surface area contributed by atoms with E-state index in [9.17, 15) is 0 Å². The van der Waals surface area contributed by atoms with E-state index < -0.39 is 0 Å². The Kier molecular flexibility index (Phi) is 4.68. The zero-order valence-corrected chi connectivity index (χ0v) is 12.4. The lowest BCUT2D eigenvalue weighted by Crippen LogP contribution is -2.27. The van der Waals surface area contributed by atoms with Crippen molar-refractivity contribution in [2.24, 2.45) is 13.0 Å². The van der Waals surface area contributed by atoms with E-state index in [0.29, 0.717) is 6.04 Å². The molecule has 1 N–H and O–H groups in total. The lowest BCUT2D eigenvalue weighted by molar-refractivity contribution is 0.483. The first kappa shape index (κ1) is 13.9. The normalized spacial score (nSPS) is 23.8. The van der Waals surface area contributed by atoms with Crippen molar-refractivity contribution in [3.8, 4) is 0 Å². The molecule has 0 amide bonds. The van der Waals surface area contributed by atoms with Gasteiger partial charge >= 0.3 is 0 Å². The van der Waals surface area contributed by atoms with E-state index in [0.717, 1.165) is 29.7 Å². The van der Waals surface area contributed by atoms with Crippen LogP contribution < -0.4 is 5.32 Å². The summed E-state index contributed by atoms with van der Waals surface area (Å²) >= 11 is 6.30. The van der Waals surface area contributed by atoms with Crippen LogP contribution in [0.5, 0.6) is 0 Å². The van der Waals surface area contributed by atoms with Crippen molar-refractivity contribution in [3.05, 3.63) is 16.4 Å². The molecule has 0 aliphatic heterocycles. The van der Waals surface area contributed by atoms with Gasteiger partial charge in [-0.1, -0.05) is 18.5 Å². The van der Waals surface area contributed by atoms with Crippen LogP contribution in [0, 0.1) is 12.8 Å². The Hall–Kier alpha value is -0.540. The summed E-state index contributed by atoms with van der Waals surface area (Å²) in [6, 6.07) is 0.714. The van der Waals surface area contributed by atoms with E-state index in [1.807, 2.05) is 7.05 Å². The van der Waals surface area contributed by atoms with Gasteiger partial charge in [-0.3, -0.25) is 4.68 Å². The second kappa shape index (κ2) is 6.07. The Balaban J connectivity index is 1.91. The molecule has 1 aliphatic carbocycles. The molecule has 0 saturated heterocycles. The number of aryl methyl sites for hydroxylation is 2. The zero-order valence-electron chi connectivity index (χ0n) is 11.7. The van der Waals surface area contributed by atoms with Gasteiger partial charge in [0.15, 0.2) is 0 Å². The highest BCUT2D eigenvalue weighted by Crippen LogP contribution is 2.31. The van der Waals surface area contributed by atoms with Gasteiger partial charge in [0.1, 0.15) is 5.15 Å². The first-order valence-corrected chi connectivity index (χ1v) is 7.41. The first-order chi connectivity index (χ1) is 8.61. The number of nitrogens with one attached hydrogen (secondary N) is 1. The first-order valence-electron chi connectivity index (χ1n) is 7.03. The third kappa shape index (κ3) is 3.07. The SMILES string of the molecule is CCCNC1CCC(Cc2c(C)nn(C)c2Cl)C1. The van der Waals surface area contributed by atoms with Crippen LogP contribution >= 0.6 is 11.6 Å². The monoisotopic (exact) mass is 269 g/mol. The topological polar surface area (TPSA) is 29.9 Å². The van der Waals surface area contributed by atoms with Crippen molar-refractivity contribution in [1.29, 1.82) is 0 Å². The third-order valence-electron chi connectivity index (χ3n) is 3.99. The molecule has 3 nitrogen and oxygen atoms in total. The molecule has 1 heterocycles. The Morgan fingerprint density at radius 2 is 2.22 bits per heavy atom. The van der Waals surface area contributed by atoms with Crippen LogP contribution in [0.25, 0.3) is 0 Å². The average molecular weight is 270 g/mol. The smallest absolute Gasteiger partial charge is 0.130 e. The molecule has 1 saturated carbocycles. The summed E-state index contributed by atoms with van der Waals surface area (Å²) in [5.41, 5.74) is 2.34. The van der Waals surface area contributed by atoms with E-state index in [1.165, 1.54) is 31.2 Å². The minimum Gasteiger partial charge on any atom is -0.314 e. The van der Waals surface area contributed by atoms with Gasteiger partial charge in [0.2, 0.25) is 0 Å². The molecule has 4 heteroatoms. The molecular formula is C14H24ClN3. The molecule has 1 aliphatic rings. The molecule has 2 atom stereocenters. The Morgan fingerprint density at radius 1 is 1.44 bits per heavy atom. The average Bonchev–Trinajstić information content (AvgIpc) is 2.88. The van der Waals surface area contributed by atoms with Crippen LogP contribution in [0.4, 0.5) is 0 Å². The van der Waals surface area contributed by atoms with E-state index in [2.05, 4.69) is 24.3 Å². The Morgan fingerprint density at radius 3 is 2.83 bits per heavy atom. The number of hydrogen-bond donors (Lipinski definition) is 1. The number of hydrogen-bond acceptors (Lipinski definition) is 2. The lowest BCUT2D eigenvalue weighted by Gasteiger charge is -2.12. The predicted molar refractivity (Wildman–Crippen MR) is 76.1 cm³/mol. The molecule has 0 aromatic carbocycles. The van der Waals surface area contributed by atoms with Crippen LogP contribution in [0.1, 0.15) is 43.9 Å². The number of rotatable bonds is 5. The molecule has 0 radical (unpaired) electrons. The van der Waals surface area contributed by atoms with E-state index >= 15 is 0 Å². The number of aromatic nitrogens is 2. The van der Waals surface area contributed by atoms with Gasteiger partial charge in [-0.25, -0.2) is 0 Å². The highest BCUT2D eigenvalue weighted by molar-refractivity contribution is 6.30. The zero-order chi connectivity index (χ0) is 13.1. The molecule has 102 valence electrons. The fraction of sp³-hybridized carbons (Fsp3) is 0.786. The largest absolute Gasteiger partial charge is 0.314 e. The third-order valence-corrected chi connectivity index (χ3v) is 4.46. The van der Waals surface area contributed by atoms with Gasteiger partial charge in [-0.2, -0.15) is 5.10 Å². The minimum atomic E-state index is 0.714. The maximum Gasteiger partial charge on any atom is 0.130 e. The van der Waals surface area contributed by atoms with Crippen molar-refractivity contribution in [3.63, 3.8) is 0 Å². The molecule has 2 unspecified atom stereocenters. The van der Waals surface area contributed by atoms with Gasteiger partial charge in [-0.15, -0.1) is 0 Å². The number of nitrogens with zero attached hydrogens (tertiary/aromatic N) is 2. The van der Waals surface area contributed by atoms with Crippen molar-refractivity contribution < 1.29 is 0 Å². The quantitative estimate of drug-likeness (QED) is 0.890. The standard InChI is InChI=1S/C14H24ClN3/c1-4-7-16-12-6-5-11(8-12)9-13-10(2)17-18(3)14(13)15/h11-12,16H,4-9H2,1-3H3. The molecule has 2 rings (SSSR count). The van der Waals surface area contributed by atoms with E-state index in [-0.39, 0.29) is 0 Å². The van der Waals surface area contributed by atoms with Crippen LogP contribution in [-0.4, -0.2) is 22.4 Å². The molecule has 1 aromatic heterocycles. The van der Waals surface area contributed by atoms with Gasteiger partial charge in [0, 0.05) is 18.7 Å². The fourth-order valence-electron chi connectivity index (χ4n) is 2.99. The summed E-state index contributed by atoms with van der Waals surface area (Å²) in [5.74, 6) is 0.764. The lowest BCUT2D eigenvalue weighted by atomic mass is 9.98. The Labute approximate surface area is 115 Å². The van der Waals surface area contributed by atoms with Gasteiger partial charge < -0.3 is 5.32 Å². The van der Waals surface area contributed by atoms with Crippen LogP contribution in [0.3, 0.4) is 0 Å². The summed E-state index contributed by atoms with van der Waals surface area (Å²) in [4.78, 5) is 0.